The molecule has 1 aliphatic heterocycles. The Morgan fingerprint density at radius 1 is 1.25 bits per heavy atom. The molecule has 134 valence electrons. The molecule has 1 saturated heterocycles. The summed E-state index contributed by atoms with van der Waals surface area (Å²) in [7, 11) is 0. The largest absolute Gasteiger partial charge is 0.391 e. The summed E-state index contributed by atoms with van der Waals surface area (Å²) in [6.45, 7) is 2.93. The van der Waals surface area contributed by atoms with E-state index >= 15 is 0 Å². The Labute approximate surface area is 149 Å². The third kappa shape index (κ3) is 6.46. The van der Waals surface area contributed by atoms with Crippen LogP contribution in [-0.2, 0) is 11.2 Å². The highest BCUT2D eigenvalue weighted by atomic mass is 32.2. The van der Waals surface area contributed by atoms with E-state index in [2.05, 4.69) is 29.7 Å². The molecule has 0 bridgehead atoms. The van der Waals surface area contributed by atoms with Crippen LogP contribution in [0.1, 0.15) is 44.6 Å². The molecule has 1 aromatic carbocycles. The Morgan fingerprint density at radius 3 is 2.71 bits per heavy atom. The van der Waals surface area contributed by atoms with E-state index in [9.17, 15) is 9.90 Å². The quantitative estimate of drug-likeness (QED) is 0.567. The second-order valence-corrected chi connectivity index (χ2v) is 7.62. The summed E-state index contributed by atoms with van der Waals surface area (Å²) in [5.41, 5.74) is 2.09. The number of aliphatic hydroxyl groups excluding tert-OH is 1. The van der Waals surface area contributed by atoms with E-state index in [1.165, 1.54) is 37.0 Å². The minimum absolute atomic E-state index is 0.157. The monoisotopic (exact) mass is 350 g/mol. The minimum Gasteiger partial charge on any atom is -0.391 e. The highest BCUT2D eigenvalue weighted by Crippen LogP contribution is 2.15. The Hall–Kier alpha value is -1.04. The van der Waals surface area contributed by atoms with E-state index in [0.29, 0.717) is 13.0 Å². The molecular weight excluding hydrogens is 320 g/mol. The van der Waals surface area contributed by atoms with Crippen molar-refractivity contribution in [1.29, 1.82) is 0 Å². The smallest absolute Gasteiger partial charge is 0.244 e. The fourth-order valence-electron chi connectivity index (χ4n) is 2.85. The SMILES string of the molecule is CCCCCCSCCc1ccc(NC(=O)C2NCC[C@@H]2O)cc1. The zero-order valence-corrected chi connectivity index (χ0v) is 15.4. The van der Waals surface area contributed by atoms with Gasteiger partial charge in [-0.15, -0.1) is 0 Å². The van der Waals surface area contributed by atoms with Crippen LogP contribution < -0.4 is 10.6 Å². The molecule has 0 saturated carbocycles. The summed E-state index contributed by atoms with van der Waals surface area (Å²) in [4.78, 5) is 12.1. The Morgan fingerprint density at radius 2 is 2.04 bits per heavy atom. The van der Waals surface area contributed by atoms with Gasteiger partial charge in [0.25, 0.3) is 0 Å². The van der Waals surface area contributed by atoms with E-state index in [4.69, 9.17) is 0 Å². The average Bonchev–Trinajstić information content (AvgIpc) is 3.02. The molecule has 0 spiro atoms. The van der Waals surface area contributed by atoms with E-state index in [1.54, 1.807) is 0 Å². The molecule has 1 fully saturated rings. The normalized spacial score (nSPS) is 20.2. The number of benzene rings is 1. The van der Waals surface area contributed by atoms with Crippen LogP contribution in [0.5, 0.6) is 0 Å². The zero-order valence-electron chi connectivity index (χ0n) is 14.6. The Balaban J connectivity index is 1.66. The molecule has 1 unspecified atom stereocenters. The van der Waals surface area contributed by atoms with Gasteiger partial charge in [-0.2, -0.15) is 11.8 Å². The first-order valence-corrected chi connectivity index (χ1v) is 10.2. The molecule has 1 aromatic rings. The van der Waals surface area contributed by atoms with Crippen molar-refractivity contribution in [2.75, 3.05) is 23.4 Å². The maximum absolute atomic E-state index is 12.1. The van der Waals surface area contributed by atoms with Gasteiger partial charge in [-0.3, -0.25) is 4.79 Å². The number of aliphatic hydroxyl groups is 1. The molecule has 4 nitrogen and oxygen atoms in total. The number of anilines is 1. The first-order chi connectivity index (χ1) is 11.7. The van der Waals surface area contributed by atoms with Crippen LogP contribution in [0.25, 0.3) is 0 Å². The van der Waals surface area contributed by atoms with E-state index < -0.39 is 12.1 Å². The molecule has 24 heavy (non-hydrogen) atoms. The van der Waals surface area contributed by atoms with Gasteiger partial charge >= 0.3 is 0 Å². The standard InChI is InChI=1S/C19H30N2O2S/c1-2-3-4-5-13-24-14-11-15-6-8-16(9-7-15)21-19(23)18-17(22)10-12-20-18/h6-9,17-18,20,22H,2-5,10-14H2,1H3,(H,21,23)/t17-,18?/m0/s1. The van der Waals surface area contributed by atoms with Crippen molar-refractivity contribution in [3.63, 3.8) is 0 Å². The predicted octanol–water partition coefficient (Wildman–Crippen LogP) is 3.20. The molecule has 0 radical (unpaired) electrons. The van der Waals surface area contributed by atoms with Crippen molar-refractivity contribution >= 4 is 23.4 Å². The van der Waals surface area contributed by atoms with Gasteiger partial charge < -0.3 is 15.7 Å². The van der Waals surface area contributed by atoms with Crippen LogP contribution in [0.4, 0.5) is 5.69 Å². The molecule has 0 aliphatic carbocycles. The van der Waals surface area contributed by atoms with Crippen LogP contribution in [0, 0.1) is 0 Å². The molecule has 5 heteroatoms. The van der Waals surface area contributed by atoms with Crippen LogP contribution in [0.3, 0.4) is 0 Å². The van der Waals surface area contributed by atoms with Crippen molar-refractivity contribution in [1.82, 2.24) is 5.32 Å². The fourth-order valence-corrected chi connectivity index (χ4v) is 3.85. The lowest BCUT2D eigenvalue weighted by molar-refractivity contribution is -0.119. The van der Waals surface area contributed by atoms with Gasteiger partial charge in [0.05, 0.1) is 6.10 Å². The molecule has 1 aliphatic rings. The molecule has 3 N–H and O–H groups in total. The van der Waals surface area contributed by atoms with E-state index in [1.807, 2.05) is 23.9 Å². The van der Waals surface area contributed by atoms with E-state index in [-0.39, 0.29) is 5.91 Å². The number of carbonyl (C=O) groups is 1. The summed E-state index contributed by atoms with van der Waals surface area (Å²) >= 11 is 2.02. The number of unbranched alkanes of at least 4 members (excludes halogenated alkanes) is 3. The number of aryl methyl sites for hydroxylation is 1. The van der Waals surface area contributed by atoms with Gasteiger partial charge in [-0.05, 0) is 55.0 Å². The predicted molar refractivity (Wildman–Crippen MR) is 103 cm³/mol. The molecule has 1 heterocycles. The number of carbonyl (C=O) groups excluding carboxylic acids is 1. The number of hydrogen-bond donors (Lipinski definition) is 3. The van der Waals surface area contributed by atoms with Crippen LogP contribution in [0.2, 0.25) is 0 Å². The highest BCUT2D eigenvalue weighted by Gasteiger charge is 2.30. The summed E-state index contributed by atoms with van der Waals surface area (Å²) < 4.78 is 0. The van der Waals surface area contributed by atoms with Crippen molar-refractivity contribution in [3.8, 4) is 0 Å². The first kappa shape index (κ1) is 19.3. The average molecular weight is 351 g/mol. The van der Waals surface area contributed by atoms with Gasteiger partial charge in [-0.1, -0.05) is 38.3 Å². The number of thioether (sulfide) groups is 1. The van der Waals surface area contributed by atoms with Gasteiger partial charge in [0.2, 0.25) is 5.91 Å². The van der Waals surface area contributed by atoms with Crippen molar-refractivity contribution < 1.29 is 9.90 Å². The Kier molecular flexibility index (Phi) is 8.64. The van der Waals surface area contributed by atoms with Crippen molar-refractivity contribution in [3.05, 3.63) is 29.8 Å². The zero-order chi connectivity index (χ0) is 17.2. The van der Waals surface area contributed by atoms with Gasteiger partial charge in [0.15, 0.2) is 0 Å². The molecule has 0 aromatic heterocycles. The van der Waals surface area contributed by atoms with Gasteiger partial charge in [0.1, 0.15) is 6.04 Å². The second-order valence-electron chi connectivity index (χ2n) is 6.40. The van der Waals surface area contributed by atoms with Gasteiger partial charge in [-0.25, -0.2) is 0 Å². The summed E-state index contributed by atoms with van der Waals surface area (Å²) in [6, 6.07) is 7.55. The number of amides is 1. The van der Waals surface area contributed by atoms with Crippen molar-refractivity contribution in [2.24, 2.45) is 0 Å². The lowest BCUT2D eigenvalue weighted by atomic mass is 10.1. The summed E-state index contributed by atoms with van der Waals surface area (Å²) in [6.07, 6.45) is 6.43. The third-order valence-corrected chi connectivity index (χ3v) is 5.44. The minimum atomic E-state index is -0.585. The van der Waals surface area contributed by atoms with E-state index in [0.717, 1.165) is 17.9 Å². The lowest BCUT2D eigenvalue weighted by Crippen LogP contribution is -2.42. The molecular formula is C19H30N2O2S. The number of hydrogen-bond acceptors (Lipinski definition) is 4. The van der Waals surface area contributed by atoms with Crippen molar-refractivity contribution in [2.45, 2.75) is 57.6 Å². The van der Waals surface area contributed by atoms with Crippen LogP contribution >= 0.6 is 11.8 Å². The second kappa shape index (κ2) is 10.7. The fraction of sp³-hybridized carbons (Fsp3) is 0.632. The highest BCUT2D eigenvalue weighted by molar-refractivity contribution is 7.99. The summed E-state index contributed by atoms with van der Waals surface area (Å²) in [5, 5.41) is 15.6. The summed E-state index contributed by atoms with van der Waals surface area (Å²) in [5.74, 6) is 2.25. The molecule has 1 amide bonds. The maximum Gasteiger partial charge on any atom is 0.244 e. The topological polar surface area (TPSA) is 61.4 Å². The van der Waals surface area contributed by atoms with Gasteiger partial charge in [0, 0.05) is 5.69 Å². The number of rotatable bonds is 10. The Bertz CT molecular complexity index is 493. The first-order valence-electron chi connectivity index (χ1n) is 9.09. The number of nitrogens with one attached hydrogen (secondary N) is 2. The molecule has 2 rings (SSSR count). The van der Waals surface area contributed by atoms with Crippen LogP contribution in [0.15, 0.2) is 24.3 Å². The maximum atomic E-state index is 12.1. The van der Waals surface area contributed by atoms with Crippen LogP contribution in [-0.4, -0.2) is 41.2 Å². The molecule has 2 atom stereocenters. The lowest BCUT2D eigenvalue weighted by Gasteiger charge is -2.14. The third-order valence-electron chi connectivity index (χ3n) is 4.37.